The van der Waals surface area contributed by atoms with Crippen LogP contribution in [0.1, 0.15) is 336 Å². The van der Waals surface area contributed by atoms with Crippen LogP contribution in [0.5, 0.6) is 0 Å². The zero-order chi connectivity index (χ0) is 73.2. The number of hydrogen-bond donors (Lipinski definition) is 3. The van der Waals surface area contributed by atoms with Crippen molar-refractivity contribution in [2.75, 3.05) is 39.6 Å². The van der Waals surface area contributed by atoms with E-state index in [0.717, 1.165) is 161 Å². The van der Waals surface area contributed by atoms with E-state index in [1.165, 1.54) is 96.3 Å². The van der Waals surface area contributed by atoms with Gasteiger partial charge in [-0.1, -0.05) is 273 Å². The predicted octanol–water partition coefficient (Wildman–Crippen LogP) is 22.8. The number of aliphatic hydroxyl groups excluding tert-OH is 1. The molecule has 0 amide bonds. The molecule has 578 valence electrons. The minimum atomic E-state index is -4.98. The van der Waals surface area contributed by atoms with Crippen molar-refractivity contribution in [2.45, 2.75) is 354 Å². The number of hydrogen-bond acceptors (Lipinski definition) is 15. The number of esters is 4. The van der Waals surface area contributed by atoms with Crippen molar-refractivity contribution in [1.29, 1.82) is 0 Å². The number of unbranched alkanes of at least 4 members (excludes halogenated alkanes) is 35. The third kappa shape index (κ3) is 72.3. The SMILES string of the molecule is CCCCC/C=C\C/C=C\CCCCCCCC(=O)OC[C@H](COP(=O)(O)OC[C@@H](O)COP(=O)(O)OC[C@@H](COC(=O)CCCCCCC/C=C\C=C/CCCCCC)OC(=O)CCCCCCC/C=C\C=C/CCCCCC)OC(=O)CCCCCCC/C=C\C=C/CCCCCC. The summed E-state index contributed by atoms with van der Waals surface area (Å²) in [6.45, 7) is 4.75. The minimum absolute atomic E-state index is 0.0737. The van der Waals surface area contributed by atoms with Gasteiger partial charge < -0.3 is 33.8 Å². The van der Waals surface area contributed by atoms with E-state index in [1.807, 2.05) is 0 Å². The van der Waals surface area contributed by atoms with Crippen LogP contribution in [-0.4, -0.2) is 96.7 Å². The van der Waals surface area contributed by atoms with Gasteiger partial charge in [-0.25, -0.2) is 9.13 Å². The fourth-order valence-electron chi connectivity index (χ4n) is 10.5. The average molecular weight is 1450 g/mol. The molecule has 0 aromatic heterocycles. The van der Waals surface area contributed by atoms with Gasteiger partial charge in [0.1, 0.15) is 19.3 Å². The van der Waals surface area contributed by atoms with Crippen molar-refractivity contribution in [3.05, 3.63) is 97.2 Å². The molecule has 5 atom stereocenters. The number of ether oxygens (including phenoxy) is 4. The molecule has 0 saturated carbocycles. The number of allylic oxidation sites excluding steroid dienone is 16. The Morgan fingerprint density at radius 3 is 0.820 bits per heavy atom. The van der Waals surface area contributed by atoms with Crippen LogP contribution in [0.2, 0.25) is 0 Å². The van der Waals surface area contributed by atoms with E-state index < -0.39 is 97.5 Å². The summed E-state index contributed by atoms with van der Waals surface area (Å²) in [6.07, 6.45) is 76.6. The Bertz CT molecular complexity index is 2270. The molecule has 0 bridgehead atoms. The summed E-state index contributed by atoms with van der Waals surface area (Å²) in [5.74, 6) is -2.23. The smallest absolute Gasteiger partial charge is 0.462 e. The normalized spacial score (nSPS) is 14.4. The first-order valence-electron chi connectivity index (χ1n) is 39.5. The molecule has 3 N–H and O–H groups in total. The fraction of sp³-hybridized carbons (Fsp3) is 0.753. The summed E-state index contributed by atoms with van der Waals surface area (Å²) in [5.41, 5.74) is 0. The number of phosphoric ester groups is 2. The van der Waals surface area contributed by atoms with E-state index in [1.54, 1.807) is 0 Å². The average Bonchev–Trinajstić information content (AvgIpc) is 1.01. The molecule has 17 nitrogen and oxygen atoms in total. The number of carbonyl (C=O) groups is 4. The van der Waals surface area contributed by atoms with Crippen molar-refractivity contribution >= 4 is 39.5 Å². The molecular formula is C81H142O17P2. The maximum Gasteiger partial charge on any atom is 0.472 e. The summed E-state index contributed by atoms with van der Waals surface area (Å²) in [5, 5.41) is 10.6. The lowest BCUT2D eigenvalue weighted by Crippen LogP contribution is -2.30. The van der Waals surface area contributed by atoms with Crippen LogP contribution in [0.25, 0.3) is 0 Å². The molecular weight excluding hydrogens is 1310 g/mol. The monoisotopic (exact) mass is 1450 g/mol. The van der Waals surface area contributed by atoms with Gasteiger partial charge >= 0.3 is 39.5 Å². The van der Waals surface area contributed by atoms with Crippen molar-refractivity contribution < 1.29 is 80.2 Å². The predicted molar refractivity (Wildman–Crippen MR) is 409 cm³/mol. The van der Waals surface area contributed by atoms with E-state index in [-0.39, 0.29) is 25.7 Å². The van der Waals surface area contributed by atoms with Crippen LogP contribution < -0.4 is 0 Å². The zero-order valence-corrected chi connectivity index (χ0v) is 64.9. The Morgan fingerprint density at radius 2 is 0.520 bits per heavy atom. The minimum Gasteiger partial charge on any atom is -0.462 e. The first kappa shape index (κ1) is 96.0. The van der Waals surface area contributed by atoms with Gasteiger partial charge in [0.05, 0.1) is 26.4 Å². The fourth-order valence-corrected chi connectivity index (χ4v) is 12.0. The molecule has 0 rings (SSSR count). The van der Waals surface area contributed by atoms with Crippen molar-refractivity contribution in [2.24, 2.45) is 0 Å². The van der Waals surface area contributed by atoms with Gasteiger partial charge in [0, 0.05) is 25.7 Å². The van der Waals surface area contributed by atoms with Gasteiger partial charge in [-0.15, -0.1) is 0 Å². The lowest BCUT2D eigenvalue weighted by molar-refractivity contribution is -0.161. The molecule has 0 fully saturated rings. The Hall–Kier alpha value is -4.02. The van der Waals surface area contributed by atoms with Gasteiger partial charge in [-0.3, -0.25) is 37.3 Å². The van der Waals surface area contributed by atoms with Gasteiger partial charge in [-0.05, 0) is 135 Å². The van der Waals surface area contributed by atoms with Crippen LogP contribution in [0.4, 0.5) is 0 Å². The number of rotatable bonds is 74. The Kier molecular flexibility index (Phi) is 70.4. The first-order valence-corrected chi connectivity index (χ1v) is 42.5. The molecule has 0 aliphatic carbocycles. The van der Waals surface area contributed by atoms with E-state index in [2.05, 4.69) is 125 Å². The highest BCUT2D eigenvalue weighted by Crippen LogP contribution is 2.45. The Labute approximate surface area is 607 Å². The Morgan fingerprint density at radius 1 is 0.290 bits per heavy atom. The highest BCUT2D eigenvalue weighted by atomic mass is 31.2. The molecule has 0 aliphatic rings. The van der Waals surface area contributed by atoms with Crippen molar-refractivity contribution in [1.82, 2.24) is 0 Å². The molecule has 0 saturated heterocycles. The third-order valence-corrected chi connectivity index (χ3v) is 18.5. The third-order valence-electron chi connectivity index (χ3n) is 16.6. The topological polar surface area (TPSA) is 237 Å². The largest absolute Gasteiger partial charge is 0.472 e. The van der Waals surface area contributed by atoms with Crippen LogP contribution in [0, 0.1) is 0 Å². The van der Waals surface area contributed by atoms with Crippen LogP contribution in [0.3, 0.4) is 0 Å². The highest BCUT2D eigenvalue weighted by Gasteiger charge is 2.30. The number of phosphoric acid groups is 2. The standard InChI is InChI=1S/C81H142O17P2/c1-5-9-13-17-21-25-29-33-37-41-45-49-53-57-61-65-78(83)91-71-76(97-80(85)67-63-59-55-51-47-43-39-35-31-27-23-19-15-11-7-3)73-95-99(87,88)93-69-75(82)70-94-100(89,90)96-74-77(98-81(86)68-64-60-56-52-48-44-40-36-32-28-24-20-16-12-8-4)72-92-79(84)66-62-58-54-50-46-42-38-34-30-26-22-18-14-10-6-2/h21,25-28,30-40,75-77,82H,5-20,22-24,29,41-74H2,1-4H3,(H,87,88)(H,89,90)/b25-21-,30-26-,31-27-,32-28-,37-33-,38-34-,39-35-,40-36-/t75-,76-,77-/m1/s1. The summed E-state index contributed by atoms with van der Waals surface area (Å²) >= 11 is 0. The number of aliphatic hydroxyl groups is 1. The second-order valence-electron chi connectivity index (χ2n) is 26.4. The van der Waals surface area contributed by atoms with E-state index >= 15 is 0 Å². The van der Waals surface area contributed by atoms with Crippen LogP contribution in [-0.2, 0) is 65.4 Å². The molecule has 0 aromatic carbocycles. The number of carbonyl (C=O) groups excluding carboxylic acids is 4. The van der Waals surface area contributed by atoms with Crippen molar-refractivity contribution in [3.8, 4) is 0 Å². The molecule has 0 aliphatic heterocycles. The van der Waals surface area contributed by atoms with E-state index in [9.17, 15) is 43.2 Å². The lowest BCUT2D eigenvalue weighted by atomic mass is 10.1. The quantitative estimate of drug-likeness (QED) is 0.0128. The van der Waals surface area contributed by atoms with Gasteiger partial charge in [0.25, 0.3) is 0 Å². The molecule has 0 spiro atoms. The van der Waals surface area contributed by atoms with Gasteiger partial charge in [0.15, 0.2) is 12.2 Å². The summed E-state index contributed by atoms with van der Waals surface area (Å²) in [4.78, 5) is 72.9. The van der Waals surface area contributed by atoms with E-state index in [4.69, 9.17) is 37.0 Å². The highest BCUT2D eigenvalue weighted by molar-refractivity contribution is 7.47. The summed E-state index contributed by atoms with van der Waals surface area (Å²) in [6, 6.07) is 0. The summed E-state index contributed by atoms with van der Waals surface area (Å²) < 4.78 is 68.5. The lowest BCUT2D eigenvalue weighted by Gasteiger charge is -2.21. The molecule has 19 heteroatoms. The summed E-state index contributed by atoms with van der Waals surface area (Å²) in [7, 11) is -9.97. The molecule has 2 unspecified atom stereocenters. The molecule has 0 heterocycles. The van der Waals surface area contributed by atoms with Gasteiger partial charge in [-0.2, -0.15) is 0 Å². The molecule has 0 aromatic rings. The maximum atomic E-state index is 13.1. The second-order valence-corrected chi connectivity index (χ2v) is 29.3. The van der Waals surface area contributed by atoms with Crippen LogP contribution in [0.15, 0.2) is 97.2 Å². The second kappa shape index (κ2) is 73.3. The van der Waals surface area contributed by atoms with Gasteiger partial charge in [0.2, 0.25) is 0 Å². The van der Waals surface area contributed by atoms with Crippen molar-refractivity contribution in [3.63, 3.8) is 0 Å². The Balaban J connectivity index is 5.40. The first-order chi connectivity index (χ1) is 48.7. The van der Waals surface area contributed by atoms with E-state index in [0.29, 0.717) is 25.7 Å². The molecule has 100 heavy (non-hydrogen) atoms. The molecule has 0 radical (unpaired) electrons. The maximum absolute atomic E-state index is 13.1. The zero-order valence-electron chi connectivity index (χ0n) is 63.1. The van der Waals surface area contributed by atoms with Crippen LogP contribution >= 0.6 is 15.6 Å².